The summed E-state index contributed by atoms with van der Waals surface area (Å²) in [7, 11) is 0. The summed E-state index contributed by atoms with van der Waals surface area (Å²) in [5.74, 6) is -1.74. The van der Waals surface area contributed by atoms with Crippen LogP contribution in [-0.4, -0.2) is 29.2 Å². The molecule has 2 heterocycles. The number of dihydropyridines is 1. The zero-order chi connectivity index (χ0) is 21.5. The monoisotopic (exact) mass is 420 g/mol. The summed E-state index contributed by atoms with van der Waals surface area (Å²) in [5.41, 5.74) is 7.88. The Bertz CT molecular complexity index is 1040. The van der Waals surface area contributed by atoms with Crippen molar-refractivity contribution in [2.24, 2.45) is 5.73 Å². The second kappa shape index (κ2) is 9.76. The Balaban J connectivity index is 2.25. The fourth-order valence-corrected chi connectivity index (χ4v) is 3.96. The maximum Gasteiger partial charge on any atom is 0.337 e. The van der Waals surface area contributed by atoms with Crippen LogP contribution in [0.25, 0.3) is 5.70 Å². The van der Waals surface area contributed by atoms with E-state index >= 15 is 0 Å². The number of primary amides is 1. The molecule has 1 aliphatic heterocycles. The van der Waals surface area contributed by atoms with Gasteiger partial charge in [-0.05, 0) is 24.1 Å². The molecule has 0 saturated heterocycles. The average molecular weight is 420 g/mol. The summed E-state index contributed by atoms with van der Waals surface area (Å²) in [5, 5.41) is 13.6. The smallest absolute Gasteiger partial charge is 0.337 e. The number of nitrogens with zero attached hydrogens (tertiary/aromatic N) is 2. The number of aromatic nitrogens is 1. The summed E-state index contributed by atoms with van der Waals surface area (Å²) < 4.78 is 5.34. The number of hydrogen-bond donors (Lipinski definition) is 2. The Kier molecular flexibility index (Phi) is 6.88. The predicted molar refractivity (Wildman–Crippen MR) is 114 cm³/mol. The van der Waals surface area contributed by atoms with Gasteiger partial charge in [0.05, 0.1) is 46.2 Å². The third-order valence-corrected chi connectivity index (χ3v) is 5.42. The van der Waals surface area contributed by atoms with Crippen LogP contribution in [0.4, 0.5) is 0 Å². The van der Waals surface area contributed by atoms with Gasteiger partial charge in [0.15, 0.2) is 0 Å². The number of carbonyl (C=O) groups is 2. The van der Waals surface area contributed by atoms with Crippen LogP contribution in [0.2, 0.25) is 0 Å². The van der Waals surface area contributed by atoms with Crippen LogP contribution in [0.3, 0.4) is 0 Å². The number of ether oxygens (including phenoxy) is 1. The zero-order valence-corrected chi connectivity index (χ0v) is 17.1. The number of nitrogens with two attached hydrogens (primary N) is 1. The van der Waals surface area contributed by atoms with Gasteiger partial charge in [0, 0.05) is 12.4 Å². The highest BCUT2D eigenvalue weighted by Crippen LogP contribution is 2.43. The molecule has 0 aliphatic carbocycles. The van der Waals surface area contributed by atoms with Gasteiger partial charge >= 0.3 is 5.97 Å². The molecular weight excluding hydrogens is 400 g/mol. The SMILES string of the molecule is CCOC(=O)C1=C(c2ccccc2)NC(SCC(N)=O)=C(C#N)[C@H]1c1cccnc1. The number of pyridine rings is 1. The predicted octanol–water partition coefficient (Wildman–Crippen LogP) is 2.70. The Morgan fingerprint density at radius 2 is 2.03 bits per heavy atom. The summed E-state index contributed by atoms with van der Waals surface area (Å²) in [6.45, 7) is 1.92. The number of allylic oxidation sites excluding steroid dienone is 1. The van der Waals surface area contributed by atoms with Gasteiger partial charge in [0.2, 0.25) is 5.91 Å². The van der Waals surface area contributed by atoms with E-state index in [1.807, 2.05) is 30.3 Å². The van der Waals surface area contributed by atoms with Gasteiger partial charge in [0.1, 0.15) is 0 Å². The van der Waals surface area contributed by atoms with Crippen molar-refractivity contribution in [1.82, 2.24) is 10.3 Å². The van der Waals surface area contributed by atoms with E-state index in [0.717, 1.165) is 17.3 Å². The molecule has 1 amide bonds. The molecule has 1 aromatic carbocycles. The molecule has 0 fully saturated rings. The molecule has 152 valence electrons. The maximum absolute atomic E-state index is 13.0. The number of nitriles is 1. The first kappa shape index (κ1) is 21.1. The first-order valence-electron chi connectivity index (χ1n) is 9.25. The molecule has 3 rings (SSSR count). The zero-order valence-electron chi connectivity index (χ0n) is 16.3. The number of carbonyl (C=O) groups excluding carboxylic acids is 2. The van der Waals surface area contributed by atoms with E-state index in [9.17, 15) is 14.9 Å². The van der Waals surface area contributed by atoms with Crippen molar-refractivity contribution in [3.05, 3.63) is 82.2 Å². The lowest BCUT2D eigenvalue weighted by Gasteiger charge is -2.30. The summed E-state index contributed by atoms with van der Waals surface area (Å²) in [4.78, 5) is 28.6. The van der Waals surface area contributed by atoms with Crippen molar-refractivity contribution < 1.29 is 14.3 Å². The molecule has 2 aromatic rings. The van der Waals surface area contributed by atoms with Gasteiger partial charge in [-0.15, -0.1) is 0 Å². The van der Waals surface area contributed by atoms with Crippen LogP contribution >= 0.6 is 11.8 Å². The van der Waals surface area contributed by atoms with E-state index in [1.165, 1.54) is 0 Å². The van der Waals surface area contributed by atoms with Crippen molar-refractivity contribution in [3.8, 4) is 6.07 Å². The number of amides is 1. The van der Waals surface area contributed by atoms with Crippen molar-refractivity contribution in [2.45, 2.75) is 12.8 Å². The first-order valence-corrected chi connectivity index (χ1v) is 10.2. The van der Waals surface area contributed by atoms with E-state index in [2.05, 4.69) is 16.4 Å². The van der Waals surface area contributed by atoms with Crippen LogP contribution in [0, 0.1) is 11.3 Å². The number of esters is 1. The van der Waals surface area contributed by atoms with Crippen LogP contribution in [-0.2, 0) is 14.3 Å². The van der Waals surface area contributed by atoms with E-state index in [-0.39, 0.29) is 12.4 Å². The Morgan fingerprint density at radius 1 is 1.27 bits per heavy atom. The van der Waals surface area contributed by atoms with Crippen molar-refractivity contribution in [3.63, 3.8) is 0 Å². The molecule has 0 unspecified atom stereocenters. The lowest BCUT2D eigenvalue weighted by Crippen LogP contribution is -2.30. The van der Waals surface area contributed by atoms with Gasteiger partial charge in [-0.3, -0.25) is 9.78 Å². The molecule has 30 heavy (non-hydrogen) atoms. The number of nitrogens with one attached hydrogen (secondary N) is 1. The minimum atomic E-state index is -0.699. The highest BCUT2D eigenvalue weighted by Gasteiger charge is 2.37. The second-order valence-corrected chi connectivity index (χ2v) is 7.31. The van der Waals surface area contributed by atoms with Gasteiger partial charge in [0.25, 0.3) is 0 Å². The Morgan fingerprint density at radius 3 is 2.63 bits per heavy atom. The van der Waals surface area contributed by atoms with Crippen molar-refractivity contribution in [1.29, 1.82) is 5.26 Å². The van der Waals surface area contributed by atoms with Crippen LogP contribution in [0.5, 0.6) is 0 Å². The van der Waals surface area contributed by atoms with Crippen molar-refractivity contribution >= 4 is 29.3 Å². The minimum Gasteiger partial charge on any atom is -0.463 e. The standard InChI is InChI=1S/C22H20N4O3S/c1-2-29-22(28)19-18(15-9-6-10-25-12-15)16(11-23)21(30-13-17(24)27)26-20(19)14-7-4-3-5-8-14/h3-10,12,18,26H,2,13H2,1H3,(H2,24,27)/t18-/m1/s1. The first-order chi connectivity index (χ1) is 14.6. The normalized spacial score (nSPS) is 15.9. The van der Waals surface area contributed by atoms with E-state index in [4.69, 9.17) is 10.5 Å². The molecule has 0 saturated carbocycles. The second-order valence-electron chi connectivity index (χ2n) is 6.33. The molecular formula is C22H20N4O3S. The number of benzene rings is 1. The topological polar surface area (TPSA) is 118 Å². The van der Waals surface area contributed by atoms with Gasteiger partial charge in [-0.2, -0.15) is 5.26 Å². The van der Waals surface area contributed by atoms with Crippen LogP contribution in [0.1, 0.15) is 24.0 Å². The highest BCUT2D eigenvalue weighted by molar-refractivity contribution is 8.03. The number of hydrogen-bond acceptors (Lipinski definition) is 7. The van der Waals surface area contributed by atoms with E-state index in [0.29, 0.717) is 27.4 Å². The number of thioether (sulfide) groups is 1. The van der Waals surface area contributed by atoms with Crippen LogP contribution in [0.15, 0.2) is 71.0 Å². The quantitative estimate of drug-likeness (QED) is 0.661. The highest BCUT2D eigenvalue weighted by atomic mass is 32.2. The lowest BCUT2D eigenvalue weighted by molar-refractivity contribution is -0.138. The van der Waals surface area contributed by atoms with Crippen molar-refractivity contribution in [2.75, 3.05) is 12.4 Å². The summed E-state index contributed by atoms with van der Waals surface area (Å²) >= 11 is 1.13. The van der Waals surface area contributed by atoms with Gasteiger partial charge in [-0.25, -0.2) is 4.79 Å². The largest absolute Gasteiger partial charge is 0.463 e. The molecule has 0 bridgehead atoms. The maximum atomic E-state index is 13.0. The van der Waals surface area contributed by atoms with Gasteiger partial charge in [-0.1, -0.05) is 48.2 Å². The third kappa shape index (κ3) is 4.53. The number of rotatable bonds is 7. The average Bonchev–Trinajstić information content (AvgIpc) is 2.77. The lowest BCUT2D eigenvalue weighted by atomic mass is 9.82. The summed E-state index contributed by atoms with van der Waals surface area (Å²) in [6, 6.07) is 15.0. The molecule has 1 atom stereocenters. The molecule has 1 aromatic heterocycles. The van der Waals surface area contributed by atoms with E-state index < -0.39 is 17.8 Å². The molecule has 7 nitrogen and oxygen atoms in total. The van der Waals surface area contributed by atoms with E-state index in [1.54, 1.807) is 31.5 Å². The fraction of sp³-hybridized carbons (Fsp3) is 0.182. The molecule has 8 heteroatoms. The molecule has 0 radical (unpaired) electrons. The summed E-state index contributed by atoms with van der Waals surface area (Å²) in [6.07, 6.45) is 3.24. The Labute approximate surface area is 178 Å². The third-order valence-electron chi connectivity index (χ3n) is 4.38. The van der Waals surface area contributed by atoms with Crippen LogP contribution < -0.4 is 11.1 Å². The fourth-order valence-electron chi connectivity index (χ4n) is 3.18. The Hall–Kier alpha value is -3.57. The molecule has 0 spiro atoms. The van der Waals surface area contributed by atoms with Gasteiger partial charge < -0.3 is 15.8 Å². The molecule has 1 aliphatic rings. The minimum absolute atomic E-state index is 0.00984. The molecule has 3 N–H and O–H groups in total.